The summed E-state index contributed by atoms with van der Waals surface area (Å²) >= 11 is 0. The van der Waals surface area contributed by atoms with Gasteiger partial charge in [-0.3, -0.25) is 0 Å². The van der Waals surface area contributed by atoms with Gasteiger partial charge in [-0.2, -0.15) is 0 Å². The van der Waals surface area contributed by atoms with Crippen LogP contribution in [0.3, 0.4) is 0 Å². The zero-order valence-corrected chi connectivity index (χ0v) is 11.7. The van der Waals surface area contributed by atoms with E-state index in [0.717, 1.165) is 29.8 Å². The van der Waals surface area contributed by atoms with Crippen LogP contribution < -0.4 is 5.32 Å². The normalized spacial score (nSPS) is 14.0. The lowest BCUT2D eigenvalue weighted by atomic mass is 9.92. The summed E-state index contributed by atoms with van der Waals surface area (Å²) in [5.41, 5.74) is 2.52. The molecule has 0 amide bonds. The van der Waals surface area contributed by atoms with Crippen molar-refractivity contribution >= 4 is 11.0 Å². The van der Waals surface area contributed by atoms with Gasteiger partial charge in [0.25, 0.3) is 0 Å². The third-order valence-corrected chi connectivity index (χ3v) is 3.14. The molecule has 2 N–H and O–H groups in total. The minimum absolute atomic E-state index is 0.264. The molecule has 0 saturated heterocycles. The first kappa shape index (κ1) is 13.1. The molecule has 18 heavy (non-hydrogen) atoms. The van der Waals surface area contributed by atoms with E-state index in [1.54, 1.807) is 0 Å². The van der Waals surface area contributed by atoms with Crippen LogP contribution in [0.25, 0.3) is 11.0 Å². The van der Waals surface area contributed by atoms with E-state index >= 15 is 0 Å². The Morgan fingerprint density at radius 2 is 2.00 bits per heavy atom. The van der Waals surface area contributed by atoms with Gasteiger partial charge in [0.1, 0.15) is 5.82 Å². The fraction of sp³-hybridized carbons (Fsp3) is 0.533. The predicted molar refractivity (Wildman–Crippen MR) is 76.6 cm³/mol. The smallest absolute Gasteiger partial charge is 0.124 e. The average Bonchev–Trinajstić information content (AvgIpc) is 2.70. The molecule has 2 aromatic rings. The largest absolute Gasteiger partial charge is 0.341 e. The zero-order valence-electron chi connectivity index (χ0n) is 11.7. The summed E-state index contributed by atoms with van der Waals surface area (Å²) in [5, 5.41) is 3.52. The Hall–Kier alpha value is -1.35. The summed E-state index contributed by atoms with van der Waals surface area (Å²) in [6, 6.07) is 8.41. The number of fused-ring (bicyclic) bond motifs is 1. The summed E-state index contributed by atoms with van der Waals surface area (Å²) in [5.74, 6) is 1.02. The summed E-state index contributed by atoms with van der Waals surface area (Å²) in [4.78, 5) is 7.98. The molecule has 0 spiro atoms. The number of para-hydroxylation sites is 2. The molecule has 0 aliphatic carbocycles. The van der Waals surface area contributed by atoms with Crippen molar-refractivity contribution in [3.63, 3.8) is 0 Å². The number of rotatable bonds is 4. The molecule has 3 nitrogen and oxygen atoms in total. The predicted octanol–water partition coefficient (Wildman–Crippen LogP) is 3.65. The molecule has 0 aliphatic rings. The van der Waals surface area contributed by atoms with Gasteiger partial charge in [0.15, 0.2) is 0 Å². The van der Waals surface area contributed by atoms with Crippen LogP contribution in [-0.2, 0) is 0 Å². The van der Waals surface area contributed by atoms with E-state index in [1.807, 2.05) is 18.2 Å². The van der Waals surface area contributed by atoms with Crippen LogP contribution in [0.15, 0.2) is 24.3 Å². The van der Waals surface area contributed by atoms with Crippen LogP contribution in [-0.4, -0.2) is 16.5 Å². The SMILES string of the molecule is CC(NCCC(C)(C)C)c1nc2ccccc2[nH]1. The molecule has 1 unspecified atom stereocenters. The molecule has 0 radical (unpaired) electrons. The summed E-state index contributed by atoms with van der Waals surface area (Å²) < 4.78 is 0. The Morgan fingerprint density at radius 1 is 1.28 bits per heavy atom. The van der Waals surface area contributed by atoms with Gasteiger partial charge in [-0.1, -0.05) is 32.9 Å². The molecule has 0 aliphatic heterocycles. The highest BCUT2D eigenvalue weighted by Gasteiger charge is 2.13. The van der Waals surface area contributed by atoms with Crippen molar-refractivity contribution < 1.29 is 0 Å². The minimum atomic E-state index is 0.264. The summed E-state index contributed by atoms with van der Waals surface area (Å²) in [6.45, 7) is 9.96. The van der Waals surface area contributed by atoms with Crippen LogP contribution in [0, 0.1) is 5.41 Å². The number of benzene rings is 1. The van der Waals surface area contributed by atoms with E-state index in [4.69, 9.17) is 0 Å². The van der Waals surface area contributed by atoms with E-state index in [0.29, 0.717) is 5.41 Å². The first-order valence-corrected chi connectivity index (χ1v) is 6.64. The maximum absolute atomic E-state index is 4.61. The summed E-state index contributed by atoms with van der Waals surface area (Å²) in [7, 11) is 0. The second-order valence-electron chi connectivity index (χ2n) is 6.13. The number of hydrogen-bond donors (Lipinski definition) is 2. The number of aromatic nitrogens is 2. The first-order chi connectivity index (χ1) is 8.46. The van der Waals surface area contributed by atoms with Crippen LogP contribution in [0.4, 0.5) is 0 Å². The maximum atomic E-state index is 4.61. The molecule has 1 aromatic carbocycles. The first-order valence-electron chi connectivity index (χ1n) is 6.64. The molecule has 1 atom stereocenters. The molecule has 3 heteroatoms. The van der Waals surface area contributed by atoms with Gasteiger partial charge in [0.2, 0.25) is 0 Å². The second kappa shape index (κ2) is 5.11. The van der Waals surface area contributed by atoms with Gasteiger partial charge in [-0.05, 0) is 37.4 Å². The standard InChI is InChI=1S/C15H23N3/c1-11(16-10-9-15(2,3)4)14-17-12-7-5-6-8-13(12)18-14/h5-8,11,16H,9-10H2,1-4H3,(H,17,18). The lowest BCUT2D eigenvalue weighted by Gasteiger charge is -2.19. The zero-order chi connectivity index (χ0) is 13.2. The van der Waals surface area contributed by atoms with Crippen molar-refractivity contribution in [2.45, 2.75) is 40.2 Å². The van der Waals surface area contributed by atoms with Gasteiger partial charge in [-0.25, -0.2) is 4.98 Å². The molecule has 0 fully saturated rings. The van der Waals surface area contributed by atoms with E-state index in [-0.39, 0.29) is 6.04 Å². The van der Waals surface area contributed by atoms with Crippen molar-refractivity contribution in [3.8, 4) is 0 Å². The van der Waals surface area contributed by atoms with E-state index < -0.39 is 0 Å². The Morgan fingerprint density at radius 3 is 2.67 bits per heavy atom. The van der Waals surface area contributed by atoms with Gasteiger partial charge in [0, 0.05) is 0 Å². The fourth-order valence-electron chi connectivity index (χ4n) is 1.94. The van der Waals surface area contributed by atoms with Gasteiger partial charge < -0.3 is 10.3 Å². The third kappa shape index (κ3) is 3.33. The van der Waals surface area contributed by atoms with Crippen LogP contribution in [0.2, 0.25) is 0 Å². The Bertz CT molecular complexity index is 475. The van der Waals surface area contributed by atoms with Crippen molar-refractivity contribution in [3.05, 3.63) is 30.1 Å². The monoisotopic (exact) mass is 245 g/mol. The maximum Gasteiger partial charge on any atom is 0.124 e. The Labute approximate surface area is 109 Å². The number of nitrogens with one attached hydrogen (secondary N) is 2. The lowest BCUT2D eigenvalue weighted by Crippen LogP contribution is -2.24. The number of imidazole rings is 1. The number of aromatic amines is 1. The number of hydrogen-bond acceptors (Lipinski definition) is 2. The van der Waals surface area contributed by atoms with E-state index in [9.17, 15) is 0 Å². The average molecular weight is 245 g/mol. The molecular weight excluding hydrogens is 222 g/mol. The molecule has 2 rings (SSSR count). The van der Waals surface area contributed by atoms with Crippen LogP contribution in [0.5, 0.6) is 0 Å². The van der Waals surface area contributed by atoms with Crippen molar-refractivity contribution in [1.82, 2.24) is 15.3 Å². The van der Waals surface area contributed by atoms with Gasteiger partial charge >= 0.3 is 0 Å². The van der Waals surface area contributed by atoms with Gasteiger partial charge in [-0.15, -0.1) is 0 Å². The lowest BCUT2D eigenvalue weighted by molar-refractivity contribution is 0.356. The van der Waals surface area contributed by atoms with Crippen molar-refractivity contribution in [2.24, 2.45) is 5.41 Å². The fourth-order valence-corrected chi connectivity index (χ4v) is 1.94. The van der Waals surface area contributed by atoms with Crippen LogP contribution >= 0.6 is 0 Å². The molecule has 98 valence electrons. The third-order valence-electron chi connectivity index (χ3n) is 3.14. The van der Waals surface area contributed by atoms with Crippen molar-refractivity contribution in [1.29, 1.82) is 0 Å². The van der Waals surface area contributed by atoms with E-state index in [1.165, 1.54) is 0 Å². The highest BCUT2D eigenvalue weighted by atomic mass is 15.0. The molecular formula is C15H23N3. The Kier molecular flexibility index (Phi) is 3.71. The number of H-pyrrole nitrogens is 1. The van der Waals surface area contributed by atoms with Crippen molar-refractivity contribution in [2.75, 3.05) is 6.54 Å². The van der Waals surface area contributed by atoms with Crippen LogP contribution in [0.1, 0.15) is 46.0 Å². The highest BCUT2D eigenvalue weighted by Crippen LogP contribution is 2.19. The minimum Gasteiger partial charge on any atom is -0.341 e. The Balaban J connectivity index is 1.98. The second-order valence-corrected chi connectivity index (χ2v) is 6.13. The summed E-state index contributed by atoms with van der Waals surface area (Å²) in [6.07, 6.45) is 1.16. The highest BCUT2D eigenvalue weighted by molar-refractivity contribution is 5.74. The molecule has 0 bridgehead atoms. The molecule has 1 heterocycles. The van der Waals surface area contributed by atoms with Gasteiger partial charge in [0.05, 0.1) is 17.1 Å². The quantitative estimate of drug-likeness (QED) is 0.863. The topological polar surface area (TPSA) is 40.7 Å². The molecule has 0 saturated carbocycles. The molecule has 1 aromatic heterocycles. The number of nitrogens with zero attached hydrogens (tertiary/aromatic N) is 1. The van der Waals surface area contributed by atoms with E-state index in [2.05, 4.69) is 49.0 Å².